The molecule has 0 saturated carbocycles. The molecule has 1 aromatic heterocycles. The molecule has 1 rings (SSSR count). The number of nitrogens with one attached hydrogen (secondary N) is 2. The highest BCUT2D eigenvalue weighted by Crippen LogP contribution is 2.20. The predicted molar refractivity (Wildman–Crippen MR) is 84.4 cm³/mol. The van der Waals surface area contributed by atoms with Crippen molar-refractivity contribution >= 4 is 17.8 Å². The second-order valence-corrected chi connectivity index (χ2v) is 6.40. The molecular weight excluding hydrogens is 300 g/mol. The first kappa shape index (κ1) is 18.7. The van der Waals surface area contributed by atoms with Crippen LogP contribution in [0.5, 0.6) is 0 Å². The Bertz CT molecular complexity index is 625. The summed E-state index contributed by atoms with van der Waals surface area (Å²) in [6.45, 7) is 10.3. The van der Waals surface area contributed by atoms with Gasteiger partial charge in [0.2, 0.25) is 0 Å². The van der Waals surface area contributed by atoms with Gasteiger partial charge in [-0.1, -0.05) is 0 Å². The second-order valence-electron chi connectivity index (χ2n) is 6.40. The van der Waals surface area contributed by atoms with Gasteiger partial charge in [0.15, 0.2) is 6.10 Å². The molecule has 7 heteroatoms. The predicted octanol–water partition coefficient (Wildman–Crippen LogP) is 1.88. The topological polar surface area (TPSA) is 97.5 Å². The first-order valence-electron chi connectivity index (χ1n) is 7.28. The standard InChI is InChI=1S/C16H24N2O5/c1-8-11(14(20)22-7)9(2)17-12(8)15(21)23-10(3)13(19)18-16(4,5)6/h10,17H,1-7H3,(H,18,19)/t10-/m1/s1. The highest BCUT2D eigenvalue weighted by Gasteiger charge is 2.27. The fraction of sp³-hybridized carbons (Fsp3) is 0.562. The number of carbonyl (C=O) groups excluding carboxylic acids is 3. The Hall–Kier alpha value is -2.31. The number of methoxy groups -OCH3 is 1. The Labute approximate surface area is 135 Å². The van der Waals surface area contributed by atoms with E-state index in [-0.39, 0.29) is 11.6 Å². The quantitative estimate of drug-likeness (QED) is 0.824. The molecule has 1 heterocycles. The van der Waals surface area contributed by atoms with Crippen LogP contribution in [0.1, 0.15) is 59.8 Å². The summed E-state index contributed by atoms with van der Waals surface area (Å²) in [5, 5.41) is 2.73. The van der Waals surface area contributed by atoms with Crippen LogP contribution in [0, 0.1) is 13.8 Å². The van der Waals surface area contributed by atoms with Crippen LogP contribution in [0.4, 0.5) is 0 Å². The smallest absolute Gasteiger partial charge is 0.355 e. The minimum atomic E-state index is -0.952. The molecule has 0 radical (unpaired) electrons. The maximum Gasteiger partial charge on any atom is 0.355 e. The first-order valence-corrected chi connectivity index (χ1v) is 7.28. The molecule has 7 nitrogen and oxygen atoms in total. The van der Waals surface area contributed by atoms with Gasteiger partial charge in [0.05, 0.1) is 12.7 Å². The van der Waals surface area contributed by atoms with Gasteiger partial charge in [0, 0.05) is 11.2 Å². The normalized spacial score (nSPS) is 12.5. The number of carbonyl (C=O) groups is 3. The van der Waals surface area contributed by atoms with Gasteiger partial charge < -0.3 is 19.8 Å². The third-order valence-electron chi connectivity index (χ3n) is 3.18. The number of aryl methyl sites for hydroxylation is 1. The minimum absolute atomic E-state index is 0.137. The van der Waals surface area contributed by atoms with Crippen molar-refractivity contribution in [2.24, 2.45) is 0 Å². The first-order chi connectivity index (χ1) is 10.5. The van der Waals surface area contributed by atoms with E-state index in [4.69, 9.17) is 4.74 Å². The molecule has 0 aliphatic carbocycles. The summed E-state index contributed by atoms with van der Waals surface area (Å²) < 4.78 is 9.86. The monoisotopic (exact) mass is 324 g/mol. The second kappa shape index (κ2) is 6.85. The summed E-state index contributed by atoms with van der Waals surface area (Å²) in [6.07, 6.45) is -0.952. The molecule has 0 bridgehead atoms. The number of aromatic nitrogens is 1. The van der Waals surface area contributed by atoms with Crippen LogP contribution in [-0.2, 0) is 14.3 Å². The van der Waals surface area contributed by atoms with Crippen LogP contribution in [0.3, 0.4) is 0 Å². The molecule has 2 N–H and O–H groups in total. The molecular formula is C16H24N2O5. The Kier molecular flexibility index (Phi) is 5.58. The number of hydrogen-bond donors (Lipinski definition) is 2. The van der Waals surface area contributed by atoms with Crippen molar-refractivity contribution in [2.75, 3.05) is 7.11 Å². The van der Waals surface area contributed by atoms with Gasteiger partial charge in [-0.15, -0.1) is 0 Å². The largest absolute Gasteiger partial charge is 0.465 e. The van der Waals surface area contributed by atoms with Gasteiger partial charge in [0.1, 0.15) is 5.69 Å². The van der Waals surface area contributed by atoms with Gasteiger partial charge in [-0.2, -0.15) is 0 Å². The summed E-state index contributed by atoms with van der Waals surface area (Å²) >= 11 is 0. The average molecular weight is 324 g/mol. The van der Waals surface area contributed by atoms with Crippen LogP contribution >= 0.6 is 0 Å². The Balaban J connectivity index is 2.91. The van der Waals surface area contributed by atoms with E-state index >= 15 is 0 Å². The molecule has 1 aromatic rings. The van der Waals surface area contributed by atoms with Crippen LogP contribution in [-0.4, -0.2) is 41.6 Å². The van der Waals surface area contributed by atoms with E-state index in [1.807, 2.05) is 20.8 Å². The summed E-state index contributed by atoms with van der Waals surface area (Å²) in [6, 6.07) is 0. The Morgan fingerprint density at radius 3 is 2.17 bits per heavy atom. The fourth-order valence-electron chi connectivity index (χ4n) is 2.11. The molecule has 0 aliphatic rings. The van der Waals surface area contributed by atoms with Crippen molar-refractivity contribution < 1.29 is 23.9 Å². The van der Waals surface area contributed by atoms with E-state index in [0.717, 1.165) is 0 Å². The molecule has 1 atom stereocenters. The van der Waals surface area contributed by atoms with E-state index in [1.165, 1.54) is 14.0 Å². The number of H-pyrrole nitrogens is 1. The third kappa shape index (κ3) is 4.58. The SMILES string of the molecule is COC(=O)c1c(C)[nH]c(C(=O)O[C@H](C)C(=O)NC(C)(C)C)c1C. The number of amides is 1. The summed E-state index contributed by atoms with van der Waals surface area (Å²) in [5.74, 6) is -1.62. The molecule has 0 aliphatic heterocycles. The van der Waals surface area contributed by atoms with Crippen LogP contribution < -0.4 is 5.32 Å². The van der Waals surface area contributed by atoms with Crippen molar-refractivity contribution in [3.63, 3.8) is 0 Å². The highest BCUT2D eigenvalue weighted by molar-refractivity contribution is 5.99. The van der Waals surface area contributed by atoms with Crippen molar-refractivity contribution in [3.05, 3.63) is 22.5 Å². The number of rotatable bonds is 4. The van der Waals surface area contributed by atoms with Crippen molar-refractivity contribution in [3.8, 4) is 0 Å². The van der Waals surface area contributed by atoms with Gasteiger partial charge in [-0.3, -0.25) is 4.79 Å². The average Bonchev–Trinajstić information content (AvgIpc) is 2.71. The fourth-order valence-corrected chi connectivity index (χ4v) is 2.11. The molecule has 1 amide bonds. The molecule has 0 aromatic carbocycles. The Morgan fingerprint density at radius 1 is 1.13 bits per heavy atom. The lowest BCUT2D eigenvalue weighted by molar-refractivity contribution is -0.130. The van der Waals surface area contributed by atoms with Gasteiger partial charge in [-0.05, 0) is 47.1 Å². The molecule has 128 valence electrons. The number of ether oxygens (including phenoxy) is 2. The van der Waals surface area contributed by atoms with Crippen LogP contribution in [0.25, 0.3) is 0 Å². The van der Waals surface area contributed by atoms with Crippen LogP contribution in [0.2, 0.25) is 0 Å². The van der Waals surface area contributed by atoms with E-state index < -0.39 is 23.6 Å². The van der Waals surface area contributed by atoms with E-state index in [2.05, 4.69) is 15.0 Å². The summed E-state index contributed by atoms with van der Waals surface area (Å²) in [4.78, 5) is 38.7. The lowest BCUT2D eigenvalue weighted by Crippen LogP contribution is -2.46. The van der Waals surface area contributed by atoms with Crippen molar-refractivity contribution in [2.45, 2.75) is 53.2 Å². The van der Waals surface area contributed by atoms with Crippen molar-refractivity contribution in [1.82, 2.24) is 10.3 Å². The number of esters is 2. The van der Waals surface area contributed by atoms with Crippen molar-refractivity contribution in [1.29, 1.82) is 0 Å². The summed E-state index contributed by atoms with van der Waals surface area (Å²) in [5.41, 5.74) is 0.954. The summed E-state index contributed by atoms with van der Waals surface area (Å²) in [7, 11) is 1.27. The van der Waals surface area contributed by atoms with Gasteiger partial charge >= 0.3 is 11.9 Å². The Morgan fingerprint density at radius 2 is 1.70 bits per heavy atom. The zero-order valence-corrected chi connectivity index (χ0v) is 14.6. The molecule has 0 spiro atoms. The lowest BCUT2D eigenvalue weighted by atomic mass is 10.1. The van der Waals surface area contributed by atoms with Gasteiger partial charge in [0.25, 0.3) is 5.91 Å². The number of hydrogen-bond acceptors (Lipinski definition) is 5. The third-order valence-corrected chi connectivity index (χ3v) is 3.18. The van der Waals surface area contributed by atoms with E-state index in [1.54, 1.807) is 13.8 Å². The molecule has 0 unspecified atom stereocenters. The minimum Gasteiger partial charge on any atom is -0.465 e. The maximum atomic E-state index is 12.2. The lowest BCUT2D eigenvalue weighted by Gasteiger charge is -2.23. The maximum absolute atomic E-state index is 12.2. The molecule has 0 fully saturated rings. The molecule has 23 heavy (non-hydrogen) atoms. The zero-order chi connectivity index (χ0) is 17.9. The zero-order valence-electron chi connectivity index (χ0n) is 14.6. The van der Waals surface area contributed by atoms with E-state index in [9.17, 15) is 14.4 Å². The molecule has 0 saturated heterocycles. The van der Waals surface area contributed by atoms with Crippen LogP contribution in [0.15, 0.2) is 0 Å². The van der Waals surface area contributed by atoms with Gasteiger partial charge in [-0.25, -0.2) is 9.59 Å². The number of aromatic amines is 1. The highest BCUT2D eigenvalue weighted by atomic mass is 16.5. The van der Waals surface area contributed by atoms with E-state index in [0.29, 0.717) is 16.8 Å².